The Morgan fingerprint density at radius 1 is 0.545 bits per heavy atom. The van der Waals surface area contributed by atoms with E-state index in [-0.39, 0.29) is 10.8 Å². The minimum absolute atomic E-state index is 0.178. The third kappa shape index (κ3) is 10.5. The molecule has 0 aromatic heterocycles. The molecule has 254 valence electrons. The first-order valence-corrected chi connectivity index (χ1v) is 15.6. The number of amides is 2. The molecule has 0 aromatic rings. The van der Waals surface area contributed by atoms with Crippen molar-refractivity contribution in [2.45, 2.75) is 121 Å². The summed E-state index contributed by atoms with van der Waals surface area (Å²) in [6, 6.07) is 0. The largest absolute Gasteiger partial charge is 0.458 e. The number of nitrogens with two attached hydrogens (primary N) is 4. The molecule has 0 spiro atoms. The molecule has 0 radical (unpaired) electrons. The number of ether oxygens (including phenoxy) is 4. The van der Waals surface area contributed by atoms with Crippen LogP contribution in [0.3, 0.4) is 0 Å². The topological polar surface area (TPSA) is 267 Å². The zero-order valence-corrected chi connectivity index (χ0v) is 29.0. The number of hydrazine groups is 2. The fourth-order valence-electron chi connectivity index (χ4n) is 3.03. The molecule has 0 bridgehead atoms. The molecule has 10 N–H and O–H groups in total. The van der Waals surface area contributed by atoms with Crippen LogP contribution >= 0.6 is 21.6 Å². The zero-order chi connectivity index (χ0) is 35.3. The molecule has 0 aliphatic carbocycles. The van der Waals surface area contributed by atoms with Gasteiger partial charge in [0.2, 0.25) is 11.1 Å². The lowest BCUT2D eigenvalue weighted by atomic mass is 9.81. The van der Waals surface area contributed by atoms with Gasteiger partial charge in [-0.15, -0.1) is 0 Å². The third-order valence-electron chi connectivity index (χ3n) is 4.91. The van der Waals surface area contributed by atoms with E-state index in [9.17, 15) is 28.8 Å². The second kappa shape index (κ2) is 14.2. The first-order chi connectivity index (χ1) is 19.4. The minimum Gasteiger partial charge on any atom is -0.458 e. The second-order valence-corrected chi connectivity index (χ2v) is 16.3. The van der Waals surface area contributed by atoms with Gasteiger partial charge in [0.25, 0.3) is 16.6 Å². The van der Waals surface area contributed by atoms with Crippen LogP contribution in [-0.2, 0) is 47.7 Å². The van der Waals surface area contributed by atoms with Crippen molar-refractivity contribution in [1.29, 1.82) is 0 Å². The molecule has 0 unspecified atom stereocenters. The van der Waals surface area contributed by atoms with Gasteiger partial charge in [0.05, 0.1) is 0 Å². The SMILES string of the molecule is CC(C)(C)OC(=O)C(SSC[C@](N)(C(=O)NN)C(=O)OC(C)(C)C)(C(=O)OC(C)(C)C)[C@](N)(C(=O)NN)C(=O)OC(C)(C)C. The van der Waals surface area contributed by atoms with Crippen molar-refractivity contribution >= 4 is 57.3 Å². The van der Waals surface area contributed by atoms with E-state index in [1.54, 1.807) is 10.9 Å². The number of hydrogen-bond donors (Lipinski definition) is 6. The summed E-state index contributed by atoms with van der Waals surface area (Å²) in [4.78, 5) is 81.2. The predicted octanol–water partition coefficient (Wildman–Crippen LogP) is -0.152. The summed E-state index contributed by atoms with van der Waals surface area (Å²) >= 11 is 0. The van der Waals surface area contributed by atoms with Crippen LogP contribution in [0.15, 0.2) is 0 Å². The summed E-state index contributed by atoms with van der Waals surface area (Å²) in [6.07, 6.45) is 0. The van der Waals surface area contributed by atoms with Crippen molar-refractivity contribution in [3.63, 3.8) is 0 Å². The molecule has 0 saturated heterocycles. The second-order valence-electron chi connectivity index (χ2n) is 13.8. The number of esters is 4. The molecule has 0 saturated carbocycles. The molecule has 18 heteroatoms. The minimum atomic E-state index is -3.27. The predicted molar refractivity (Wildman–Crippen MR) is 165 cm³/mol. The number of carbonyl (C=O) groups excluding carboxylic acids is 6. The third-order valence-corrected chi connectivity index (χ3v) is 7.96. The molecule has 0 aliphatic heterocycles. The fraction of sp³-hybridized carbons (Fsp3) is 0.769. The van der Waals surface area contributed by atoms with E-state index < -0.39 is 79.7 Å². The van der Waals surface area contributed by atoms with Gasteiger partial charge >= 0.3 is 23.9 Å². The van der Waals surface area contributed by atoms with Crippen LogP contribution in [0.4, 0.5) is 0 Å². The van der Waals surface area contributed by atoms with E-state index in [1.165, 1.54) is 83.1 Å². The molecule has 0 aromatic carbocycles. The smallest absolute Gasteiger partial charge is 0.339 e. The highest BCUT2D eigenvalue weighted by Gasteiger charge is 2.73. The van der Waals surface area contributed by atoms with Crippen molar-refractivity contribution in [3.05, 3.63) is 0 Å². The summed E-state index contributed by atoms with van der Waals surface area (Å²) < 4.78 is 18.6. The van der Waals surface area contributed by atoms with Crippen LogP contribution in [0.2, 0.25) is 0 Å². The maximum absolute atomic E-state index is 14.1. The maximum atomic E-state index is 14.1. The quantitative estimate of drug-likeness (QED) is 0.0318. The van der Waals surface area contributed by atoms with E-state index in [2.05, 4.69) is 0 Å². The number of rotatable bonds is 11. The average molecular weight is 669 g/mol. The first kappa shape index (κ1) is 41.4. The van der Waals surface area contributed by atoms with E-state index in [1.807, 2.05) is 0 Å². The molecule has 16 nitrogen and oxygen atoms in total. The lowest BCUT2D eigenvalue weighted by Crippen LogP contribution is -2.78. The van der Waals surface area contributed by atoms with Gasteiger partial charge in [-0.25, -0.2) is 30.9 Å². The lowest BCUT2D eigenvalue weighted by Gasteiger charge is -2.43. The van der Waals surface area contributed by atoms with E-state index >= 15 is 0 Å². The normalized spacial score (nSPS) is 15.5. The average Bonchev–Trinajstić information content (AvgIpc) is 2.80. The molecule has 2 amide bonds. The van der Waals surface area contributed by atoms with Gasteiger partial charge in [-0.3, -0.25) is 20.4 Å². The Morgan fingerprint density at radius 2 is 0.864 bits per heavy atom. The lowest BCUT2D eigenvalue weighted by molar-refractivity contribution is -0.184. The van der Waals surface area contributed by atoms with Crippen LogP contribution in [0.25, 0.3) is 0 Å². The number of carbonyl (C=O) groups is 6. The molecular weight excluding hydrogens is 620 g/mol. The summed E-state index contributed by atoms with van der Waals surface area (Å²) in [5.74, 6) is 1.46. The van der Waals surface area contributed by atoms with Gasteiger partial charge < -0.3 is 30.4 Å². The molecule has 44 heavy (non-hydrogen) atoms. The van der Waals surface area contributed by atoms with Gasteiger partial charge in [-0.1, -0.05) is 21.6 Å². The van der Waals surface area contributed by atoms with Crippen LogP contribution in [0.5, 0.6) is 0 Å². The van der Waals surface area contributed by atoms with Gasteiger partial charge in [0, 0.05) is 5.75 Å². The highest BCUT2D eigenvalue weighted by atomic mass is 33.1. The van der Waals surface area contributed by atoms with Crippen LogP contribution in [-0.4, -0.2) is 79.7 Å². The molecule has 0 aliphatic rings. The zero-order valence-electron chi connectivity index (χ0n) is 27.4. The summed E-state index contributed by atoms with van der Waals surface area (Å²) in [7, 11) is 0.607. The summed E-state index contributed by atoms with van der Waals surface area (Å²) in [6.45, 7) is 17.7. The Morgan fingerprint density at radius 3 is 1.18 bits per heavy atom. The van der Waals surface area contributed by atoms with Gasteiger partial charge in [0.15, 0.2) is 0 Å². The van der Waals surface area contributed by atoms with Crippen molar-refractivity contribution in [1.82, 2.24) is 10.9 Å². The summed E-state index contributed by atoms with van der Waals surface area (Å²) in [5, 5.41) is 0. The van der Waals surface area contributed by atoms with Crippen LogP contribution < -0.4 is 34.0 Å². The Labute approximate surface area is 265 Å². The number of hydrogen-bond acceptors (Lipinski definition) is 16. The van der Waals surface area contributed by atoms with E-state index in [4.69, 9.17) is 42.1 Å². The molecule has 0 heterocycles. The monoisotopic (exact) mass is 668 g/mol. The van der Waals surface area contributed by atoms with Gasteiger partial charge in [0.1, 0.15) is 22.4 Å². The Hall–Kier alpha value is -2.64. The molecular formula is C26H48N6O10S2. The Balaban J connectivity index is 7.62. The van der Waals surface area contributed by atoms with Crippen LogP contribution in [0, 0.1) is 0 Å². The highest BCUT2D eigenvalue weighted by Crippen LogP contribution is 2.48. The molecule has 0 rings (SSSR count). The molecule has 2 atom stereocenters. The maximum Gasteiger partial charge on any atom is 0.339 e. The number of nitrogens with one attached hydrogen (secondary N) is 2. The standard InChI is InChI=1S/C26H48N6O10S2/c1-20(2,3)39-16(35)24(27,14(33)31-29)13-43-44-26(18(37)41-22(7,8)9,19(38)42-23(10,11)12)25(28,15(34)32-30)17(36)40-21(4,5)6/h13,27-30H2,1-12H3,(H,31,33)(H,32,34)/t24-,25-/m0/s1. The van der Waals surface area contributed by atoms with Crippen molar-refractivity contribution in [3.8, 4) is 0 Å². The summed E-state index contributed by atoms with van der Waals surface area (Å²) in [5.41, 5.74) is 5.37. The van der Waals surface area contributed by atoms with Crippen molar-refractivity contribution in [2.24, 2.45) is 23.2 Å². The van der Waals surface area contributed by atoms with E-state index in [0.29, 0.717) is 10.8 Å². The fourth-order valence-corrected chi connectivity index (χ4v) is 6.30. The van der Waals surface area contributed by atoms with Gasteiger partial charge in [-0.05, 0) is 83.1 Å². The van der Waals surface area contributed by atoms with Gasteiger partial charge in [-0.2, -0.15) is 0 Å². The Bertz CT molecular complexity index is 1100. The highest BCUT2D eigenvalue weighted by molar-refractivity contribution is 8.77. The molecule has 0 fully saturated rings. The van der Waals surface area contributed by atoms with Crippen molar-refractivity contribution in [2.75, 3.05) is 5.75 Å². The first-order valence-electron chi connectivity index (χ1n) is 13.3. The van der Waals surface area contributed by atoms with E-state index in [0.717, 1.165) is 0 Å². The Kier molecular flexibility index (Phi) is 13.3. The van der Waals surface area contributed by atoms with Crippen LogP contribution in [0.1, 0.15) is 83.1 Å². The van der Waals surface area contributed by atoms with Crippen molar-refractivity contribution < 1.29 is 47.7 Å².